The van der Waals surface area contributed by atoms with Gasteiger partial charge in [-0.25, -0.2) is 4.39 Å². The molecular formula is C14H17FN2O2. The van der Waals surface area contributed by atoms with Crippen LogP contribution in [0.4, 0.5) is 4.39 Å². The lowest BCUT2D eigenvalue weighted by Gasteiger charge is -2.23. The molecule has 0 aliphatic carbocycles. The van der Waals surface area contributed by atoms with E-state index < -0.39 is 0 Å². The number of likely N-dealkylation sites (tertiary alicyclic amines) is 1. The molecule has 1 unspecified atom stereocenters. The zero-order valence-electron chi connectivity index (χ0n) is 11.1. The molecule has 1 aliphatic rings. The van der Waals surface area contributed by atoms with Gasteiger partial charge in [0.05, 0.1) is 6.42 Å². The lowest BCUT2D eigenvalue weighted by atomic mass is 10.1. The molecule has 102 valence electrons. The maximum Gasteiger partial charge on any atom is 0.245 e. The number of carbonyl (C=O) groups is 2. The molecule has 1 saturated heterocycles. The summed E-state index contributed by atoms with van der Waals surface area (Å²) in [5, 5.41) is 0. The lowest BCUT2D eigenvalue weighted by Crippen LogP contribution is -2.42. The highest BCUT2D eigenvalue weighted by atomic mass is 19.1. The molecule has 0 bridgehead atoms. The molecule has 0 aromatic heterocycles. The molecule has 1 fully saturated rings. The van der Waals surface area contributed by atoms with Crippen molar-refractivity contribution >= 4 is 11.8 Å². The second kappa shape index (κ2) is 5.38. The summed E-state index contributed by atoms with van der Waals surface area (Å²) in [5.74, 6) is -0.465. The van der Waals surface area contributed by atoms with Crippen LogP contribution in [0.1, 0.15) is 12.0 Å². The van der Waals surface area contributed by atoms with Gasteiger partial charge in [-0.3, -0.25) is 9.59 Å². The molecule has 1 aromatic carbocycles. The summed E-state index contributed by atoms with van der Waals surface area (Å²) in [5.41, 5.74) is 0.747. The fourth-order valence-electron chi connectivity index (χ4n) is 2.24. The van der Waals surface area contributed by atoms with E-state index in [-0.39, 0.29) is 30.1 Å². The Balaban J connectivity index is 2.00. The predicted octanol–water partition coefficient (Wildman–Crippen LogP) is 1.06. The van der Waals surface area contributed by atoms with Gasteiger partial charge >= 0.3 is 0 Å². The highest BCUT2D eigenvalue weighted by Gasteiger charge is 2.34. The number of hydrogen-bond acceptors (Lipinski definition) is 2. The van der Waals surface area contributed by atoms with E-state index in [0.717, 1.165) is 5.56 Å². The van der Waals surface area contributed by atoms with Gasteiger partial charge in [0.25, 0.3) is 0 Å². The average molecular weight is 264 g/mol. The van der Waals surface area contributed by atoms with Crippen LogP contribution in [-0.4, -0.2) is 48.3 Å². The van der Waals surface area contributed by atoms with Crippen molar-refractivity contribution in [2.75, 3.05) is 20.6 Å². The molecule has 2 amide bonds. The van der Waals surface area contributed by atoms with Gasteiger partial charge in [-0.1, -0.05) is 12.1 Å². The maximum atomic E-state index is 12.8. The molecule has 1 heterocycles. The molecule has 0 N–H and O–H groups in total. The standard InChI is InChI=1S/C14H17FN2O2/c1-16-8-7-12(14(16)19)17(2)13(18)9-10-3-5-11(15)6-4-10/h3-6,12H,7-9H2,1-2H3. The van der Waals surface area contributed by atoms with Crippen LogP contribution in [0.15, 0.2) is 24.3 Å². The third-order valence-corrected chi connectivity index (χ3v) is 3.53. The molecule has 0 radical (unpaired) electrons. The largest absolute Gasteiger partial charge is 0.344 e. The molecule has 1 aliphatic heterocycles. The number of halogens is 1. The molecular weight excluding hydrogens is 247 g/mol. The van der Waals surface area contributed by atoms with Gasteiger partial charge < -0.3 is 9.80 Å². The summed E-state index contributed by atoms with van der Waals surface area (Å²) in [6.07, 6.45) is 0.852. The third-order valence-electron chi connectivity index (χ3n) is 3.53. The Morgan fingerprint density at radius 1 is 1.42 bits per heavy atom. The van der Waals surface area contributed by atoms with Crippen molar-refractivity contribution in [3.8, 4) is 0 Å². The van der Waals surface area contributed by atoms with Gasteiger partial charge in [0, 0.05) is 20.6 Å². The van der Waals surface area contributed by atoms with E-state index >= 15 is 0 Å². The van der Waals surface area contributed by atoms with Crippen LogP contribution in [0.2, 0.25) is 0 Å². The van der Waals surface area contributed by atoms with E-state index in [4.69, 9.17) is 0 Å². The van der Waals surface area contributed by atoms with Crippen molar-refractivity contribution in [2.45, 2.75) is 18.9 Å². The first-order valence-electron chi connectivity index (χ1n) is 6.24. The number of rotatable bonds is 3. The molecule has 1 aromatic rings. The van der Waals surface area contributed by atoms with Crippen molar-refractivity contribution in [2.24, 2.45) is 0 Å². The van der Waals surface area contributed by atoms with Crippen molar-refractivity contribution < 1.29 is 14.0 Å². The van der Waals surface area contributed by atoms with E-state index in [1.807, 2.05) is 0 Å². The van der Waals surface area contributed by atoms with E-state index in [0.29, 0.717) is 13.0 Å². The van der Waals surface area contributed by atoms with Gasteiger partial charge in [-0.2, -0.15) is 0 Å². The Hall–Kier alpha value is -1.91. The first-order chi connectivity index (χ1) is 8.99. The summed E-state index contributed by atoms with van der Waals surface area (Å²) in [7, 11) is 3.38. The smallest absolute Gasteiger partial charge is 0.245 e. The van der Waals surface area contributed by atoms with Gasteiger partial charge in [-0.15, -0.1) is 0 Å². The van der Waals surface area contributed by atoms with Crippen molar-refractivity contribution in [3.63, 3.8) is 0 Å². The Morgan fingerprint density at radius 3 is 2.58 bits per heavy atom. The quantitative estimate of drug-likeness (QED) is 0.819. The first kappa shape index (κ1) is 13.5. The number of likely N-dealkylation sites (N-methyl/N-ethyl adjacent to an activating group) is 2. The van der Waals surface area contributed by atoms with Crippen LogP contribution in [-0.2, 0) is 16.0 Å². The number of nitrogens with zero attached hydrogens (tertiary/aromatic N) is 2. The van der Waals surface area contributed by atoms with Crippen LogP contribution in [0, 0.1) is 5.82 Å². The van der Waals surface area contributed by atoms with Crippen LogP contribution < -0.4 is 0 Å². The van der Waals surface area contributed by atoms with Crippen LogP contribution in [0.3, 0.4) is 0 Å². The summed E-state index contributed by atoms with van der Waals surface area (Å²) in [4.78, 5) is 27.1. The Bertz CT molecular complexity index is 487. The summed E-state index contributed by atoms with van der Waals surface area (Å²) < 4.78 is 12.8. The molecule has 4 nitrogen and oxygen atoms in total. The molecule has 5 heteroatoms. The Morgan fingerprint density at radius 2 is 2.05 bits per heavy atom. The summed E-state index contributed by atoms with van der Waals surface area (Å²) in [6.45, 7) is 0.678. The lowest BCUT2D eigenvalue weighted by molar-refractivity contribution is -0.139. The summed E-state index contributed by atoms with van der Waals surface area (Å²) >= 11 is 0. The fourth-order valence-corrected chi connectivity index (χ4v) is 2.24. The van der Waals surface area contributed by atoms with Crippen LogP contribution >= 0.6 is 0 Å². The van der Waals surface area contributed by atoms with Crippen LogP contribution in [0.25, 0.3) is 0 Å². The van der Waals surface area contributed by atoms with Gasteiger partial charge in [0.2, 0.25) is 11.8 Å². The summed E-state index contributed by atoms with van der Waals surface area (Å²) in [6, 6.07) is 5.47. The fraction of sp³-hybridized carbons (Fsp3) is 0.429. The second-order valence-electron chi connectivity index (χ2n) is 4.87. The highest BCUT2D eigenvalue weighted by Crippen LogP contribution is 2.15. The number of carbonyl (C=O) groups excluding carboxylic acids is 2. The second-order valence-corrected chi connectivity index (χ2v) is 4.87. The molecule has 0 spiro atoms. The minimum absolute atomic E-state index is 0.0186. The molecule has 19 heavy (non-hydrogen) atoms. The zero-order valence-corrected chi connectivity index (χ0v) is 11.1. The normalized spacial score (nSPS) is 18.8. The molecule has 1 atom stereocenters. The van der Waals surface area contributed by atoms with E-state index in [1.165, 1.54) is 17.0 Å². The number of benzene rings is 1. The van der Waals surface area contributed by atoms with E-state index in [2.05, 4.69) is 0 Å². The average Bonchev–Trinajstić information content (AvgIpc) is 2.72. The molecule has 2 rings (SSSR count). The zero-order chi connectivity index (χ0) is 14.0. The topological polar surface area (TPSA) is 40.6 Å². The first-order valence-corrected chi connectivity index (χ1v) is 6.24. The van der Waals surface area contributed by atoms with Gasteiger partial charge in [0.1, 0.15) is 11.9 Å². The van der Waals surface area contributed by atoms with Crippen molar-refractivity contribution in [1.82, 2.24) is 9.80 Å². The molecule has 0 saturated carbocycles. The van der Waals surface area contributed by atoms with Crippen molar-refractivity contribution in [1.29, 1.82) is 0 Å². The third kappa shape index (κ3) is 2.92. The monoisotopic (exact) mass is 264 g/mol. The SMILES string of the molecule is CN1CCC(N(C)C(=O)Cc2ccc(F)cc2)C1=O. The Kier molecular flexibility index (Phi) is 3.83. The minimum atomic E-state index is -0.363. The Labute approximate surface area is 111 Å². The van der Waals surface area contributed by atoms with Crippen LogP contribution in [0.5, 0.6) is 0 Å². The van der Waals surface area contributed by atoms with Gasteiger partial charge in [-0.05, 0) is 24.1 Å². The highest BCUT2D eigenvalue weighted by molar-refractivity contribution is 5.89. The predicted molar refractivity (Wildman–Crippen MR) is 68.9 cm³/mol. The number of hydrogen-bond donors (Lipinski definition) is 0. The number of amides is 2. The maximum absolute atomic E-state index is 12.8. The van der Waals surface area contributed by atoms with Gasteiger partial charge in [0.15, 0.2) is 0 Å². The van der Waals surface area contributed by atoms with E-state index in [9.17, 15) is 14.0 Å². The minimum Gasteiger partial charge on any atom is -0.344 e. The van der Waals surface area contributed by atoms with E-state index in [1.54, 1.807) is 31.1 Å². The van der Waals surface area contributed by atoms with Crippen molar-refractivity contribution in [3.05, 3.63) is 35.6 Å².